The zero-order chi connectivity index (χ0) is 17.6. The molecule has 0 amide bonds. The molecule has 2 atom stereocenters. The lowest BCUT2D eigenvalue weighted by Crippen LogP contribution is -2.46. The lowest BCUT2D eigenvalue weighted by atomic mass is 10.0. The molecule has 2 aromatic heterocycles. The Morgan fingerprint density at radius 3 is 2.72 bits per heavy atom. The number of aliphatic hydroxyl groups excluding tert-OH is 1. The summed E-state index contributed by atoms with van der Waals surface area (Å²) >= 11 is 0. The minimum Gasteiger partial charge on any atom is -0.463 e. The van der Waals surface area contributed by atoms with Gasteiger partial charge in [-0.25, -0.2) is 4.39 Å². The van der Waals surface area contributed by atoms with Crippen LogP contribution in [0.15, 0.2) is 33.4 Å². The molecule has 3 heterocycles. The summed E-state index contributed by atoms with van der Waals surface area (Å²) in [6.07, 6.45) is 1.46. The highest BCUT2D eigenvalue weighted by Crippen LogP contribution is 2.37. The van der Waals surface area contributed by atoms with Crippen LogP contribution in [0.25, 0.3) is 22.4 Å². The van der Waals surface area contributed by atoms with Crippen LogP contribution >= 0.6 is 0 Å². The van der Waals surface area contributed by atoms with E-state index < -0.39 is 5.82 Å². The molecule has 2 unspecified atom stereocenters. The first-order chi connectivity index (χ1) is 12.1. The molecule has 3 aromatic rings. The van der Waals surface area contributed by atoms with Crippen molar-refractivity contribution >= 4 is 16.7 Å². The van der Waals surface area contributed by atoms with E-state index >= 15 is 4.39 Å². The Labute approximate surface area is 143 Å². The van der Waals surface area contributed by atoms with Gasteiger partial charge < -0.3 is 23.7 Å². The van der Waals surface area contributed by atoms with Gasteiger partial charge in [-0.15, -0.1) is 0 Å². The first-order valence-corrected chi connectivity index (χ1v) is 8.24. The van der Waals surface area contributed by atoms with E-state index in [0.29, 0.717) is 41.2 Å². The molecule has 7 heteroatoms. The van der Waals surface area contributed by atoms with Crippen molar-refractivity contribution in [3.8, 4) is 11.5 Å². The van der Waals surface area contributed by atoms with Crippen molar-refractivity contribution in [1.29, 1.82) is 0 Å². The van der Waals surface area contributed by atoms with Crippen molar-refractivity contribution in [1.82, 2.24) is 5.16 Å². The number of aliphatic hydroxyl groups is 1. The van der Waals surface area contributed by atoms with Crippen LogP contribution < -0.4 is 4.90 Å². The number of halogens is 1. The second-order valence-corrected chi connectivity index (χ2v) is 6.40. The fourth-order valence-corrected chi connectivity index (χ4v) is 3.49. The number of morpholine rings is 1. The van der Waals surface area contributed by atoms with Gasteiger partial charge >= 0.3 is 0 Å². The molecule has 1 fully saturated rings. The number of hydrogen-bond donors (Lipinski definition) is 1. The van der Waals surface area contributed by atoms with E-state index in [9.17, 15) is 5.11 Å². The molecule has 1 aromatic carbocycles. The maximum atomic E-state index is 15.3. The van der Waals surface area contributed by atoms with Crippen LogP contribution in [0.4, 0.5) is 10.1 Å². The zero-order valence-corrected chi connectivity index (χ0v) is 14.0. The molecule has 1 saturated heterocycles. The van der Waals surface area contributed by atoms with Gasteiger partial charge in [0.05, 0.1) is 36.2 Å². The zero-order valence-electron chi connectivity index (χ0n) is 14.0. The lowest BCUT2D eigenvalue weighted by molar-refractivity contribution is -0.00549. The summed E-state index contributed by atoms with van der Waals surface area (Å²) in [5.74, 6) is -0.0310. The molecule has 1 aliphatic rings. The number of rotatable bonds is 3. The summed E-state index contributed by atoms with van der Waals surface area (Å²) in [4.78, 5) is 1.90. The lowest BCUT2D eigenvalue weighted by Gasteiger charge is -2.37. The molecule has 132 valence electrons. The molecule has 0 aliphatic carbocycles. The Balaban J connectivity index is 1.87. The highest BCUT2D eigenvalue weighted by molar-refractivity contribution is 5.93. The quantitative estimate of drug-likeness (QED) is 0.784. The molecular weight excluding hydrogens is 327 g/mol. The third-order valence-corrected chi connectivity index (χ3v) is 4.42. The van der Waals surface area contributed by atoms with Gasteiger partial charge in [0.15, 0.2) is 17.3 Å². The molecule has 0 bridgehead atoms. The van der Waals surface area contributed by atoms with Crippen molar-refractivity contribution in [2.75, 3.05) is 18.0 Å². The smallest absolute Gasteiger partial charge is 0.205 e. The van der Waals surface area contributed by atoms with Crippen LogP contribution in [0.2, 0.25) is 0 Å². The van der Waals surface area contributed by atoms with Crippen LogP contribution in [0, 0.1) is 5.82 Å². The first-order valence-electron chi connectivity index (χ1n) is 8.24. The normalized spacial score (nSPS) is 21.2. The number of ether oxygens (including phenoxy) is 1. The largest absolute Gasteiger partial charge is 0.463 e. The summed E-state index contributed by atoms with van der Waals surface area (Å²) in [6, 6.07) is 5.17. The van der Waals surface area contributed by atoms with Crippen LogP contribution in [0.1, 0.15) is 19.4 Å². The minimum atomic E-state index is -0.520. The Morgan fingerprint density at radius 2 is 2.08 bits per heavy atom. The number of aromatic nitrogens is 1. The van der Waals surface area contributed by atoms with Crippen molar-refractivity contribution < 1.29 is 23.2 Å². The number of nitrogens with zero attached hydrogens (tertiary/aromatic N) is 2. The van der Waals surface area contributed by atoms with Gasteiger partial charge in [-0.2, -0.15) is 0 Å². The monoisotopic (exact) mass is 346 g/mol. The molecular formula is C18H19FN2O4. The number of benzene rings is 1. The average molecular weight is 346 g/mol. The molecule has 0 spiro atoms. The Morgan fingerprint density at radius 1 is 1.32 bits per heavy atom. The van der Waals surface area contributed by atoms with Gasteiger partial charge in [0, 0.05) is 18.7 Å². The molecule has 4 rings (SSSR count). The highest BCUT2D eigenvalue weighted by atomic mass is 19.1. The maximum Gasteiger partial charge on any atom is 0.205 e. The first kappa shape index (κ1) is 16.1. The van der Waals surface area contributed by atoms with Crippen LogP contribution in [-0.4, -0.2) is 35.6 Å². The summed E-state index contributed by atoms with van der Waals surface area (Å²) in [5.41, 5.74) is 1.32. The van der Waals surface area contributed by atoms with E-state index in [0.717, 1.165) is 0 Å². The summed E-state index contributed by atoms with van der Waals surface area (Å²) in [7, 11) is 0. The number of anilines is 1. The maximum absolute atomic E-state index is 15.3. The summed E-state index contributed by atoms with van der Waals surface area (Å²) in [5, 5.41) is 14.3. The Kier molecular flexibility index (Phi) is 3.97. The summed E-state index contributed by atoms with van der Waals surface area (Å²) in [6.45, 7) is 4.69. The van der Waals surface area contributed by atoms with E-state index in [1.54, 1.807) is 18.2 Å². The van der Waals surface area contributed by atoms with E-state index in [1.807, 2.05) is 18.7 Å². The van der Waals surface area contributed by atoms with E-state index in [1.165, 1.54) is 6.26 Å². The van der Waals surface area contributed by atoms with E-state index in [2.05, 4.69) is 5.16 Å². The molecule has 0 radical (unpaired) electrons. The van der Waals surface area contributed by atoms with Gasteiger partial charge in [0.2, 0.25) is 5.58 Å². The number of hydrogen-bond acceptors (Lipinski definition) is 6. The predicted octanol–water partition coefficient (Wildman–Crippen LogP) is 3.33. The van der Waals surface area contributed by atoms with E-state index in [4.69, 9.17) is 13.7 Å². The fourth-order valence-electron chi connectivity index (χ4n) is 3.49. The molecule has 25 heavy (non-hydrogen) atoms. The molecule has 6 nitrogen and oxygen atoms in total. The van der Waals surface area contributed by atoms with Crippen molar-refractivity contribution in [2.45, 2.75) is 32.7 Å². The third-order valence-electron chi connectivity index (χ3n) is 4.42. The number of fused-ring (bicyclic) bond motifs is 1. The third kappa shape index (κ3) is 2.69. The topological polar surface area (TPSA) is 71.9 Å². The van der Waals surface area contributed by atoms with Crippen molar-refractivity contribution in [2.24, 2.45) is 0 Å². The Hall–Kier alpha value is -2.38. The van der Waals surface area contributed by atoms with Crippen LogP contribution in [0.5, 0.6) is 0 Å². The van der Waals surface area contributed by atoms with E-state index in [-0.39, 0.29) is 24.4 Å². The molecule has 0 saturated carbocycles. The second-order valence-electron chi connectivity index (χ2n) is 6.40. The second kappa shape index (κ2) is 6.16. The van der Waals surface area contributed by atoms with Crippen molar-refractivity contribution in [3.05, 3.63) is 35.8 Å². The summed E-state index contributed by atoms with van der Waals surface area (Å²) < 4.78 is 31.6. The standard InChI is InChI=1S/C18H19FN2O4/c1-10-7-21(8-11(2)24-10)17-12(9-22)6-13-16(14-4-3-5-23-14)20-25-18(13)15(17)19/h3-6,10-11,22H,7-9H2,1-2H3. The van der Waals surface area contributed by atoms with Gasteiger partial charge in [-0.3, -0.25) is 0 Å². The fraction of sp³-hybridized carbons (Fsp3) is 0.389. The average Bonchev–Trinajstić information content (AvgIpc) is 3.22. The van der Waals surface area contributed by atoms with Gasteiger partial charge in [-0.05, 0) is 32.0 Å². The highest BCUT2D eigenvalue weighted by Gasteiger charge is 2.29. The van der Waals surface area contributed by atoms with Crippen LogP contribution in [0.3, 0.4) is 0 Å². The Bertz CT molecular complexity index is 880. The van der Waals surface area contributed by atoms with Crippen molar-refractivity contribution in [3.63, 3.8) is 0 Å². The SMILES string of the molecule is CC1CN(c2c(CO)cc3c(-c4ccco4)noc3c2F)CC(C)O1. The minimum absolute atomic E-state index is 0.0289. The van der Waals surface area contributed by atoms with Gasteiger partial charge in [0.25, 0.3) is 0 Å². The van der Waals surface area contributed by atoms with Crippen LogP contribution in [-0.2, 0) is 11.3 Å². The van der Waals surface area contributed by atoms with Gasteiger partial charge in [-0.1, -0.05) is 5.16 Å². The molecule has 1 N–H and O–H groups in total. The predicted molar refractivity (Wildman–Crippen MR) is 89.8 cm³/mol. The van der Waals surface area contributed by atoms with Gasteiger partial charge in [0.1, 0.15) is 0 Å². The molecule has 1 aliphatic heterocycles. The number of furan rings is 1.